The standard InChI is InChI=1S/C18H22N2O3/c1-4-7-19-18(21)15-10-12(2)20(13(15)3)14-5-6-16-17(11-14)23-9-8-22-16/h5-6,10-11H,4,7-9H2,1-3H3,(H,19,21). The molecular weight excluding hydrogens is 292 g/mol. The molecule has 0 atom stereocenters. The summed E-state index contributed by atoms with van der Waals surface area (Å²) in [5, 5.41) is 2.93. The molecule has 5 nitrogen and oxygen atoms in total. The van der Waals surface area contributed by atoms with Crippen molar-refractivity contribution in [3.8, 4) is 17.2 Å². The lowest BCUT2D eigenvalue weighted by atomic mass is 10.2. The van der Waals surface area contributed by atoms with Gasteiger partial charge in [0.05, 0.1) is 5.56 Å². The molecule has 0 fully saturated rings. The number of carbonyl (C=O) groups is 1. The van der Waals surface area contributed by atoms with Gasteiger partial charge in [-0.1, -0.05) is 6.92 Å². The maximum absolute atomic E-state index is 12.3. The molecule has 3 rings (SSSR count). The number of nitrogens with zero attached hydrogens (tertiary/aromatic N) is 1. The summed E-state index contributed by atoms with van der Waals surface area (Å²) in [6.45, 7) is 7.83. The normalized spacial score (nSPS) is 13.0. The molecule has 1 amide bonds. The Labute approximate surface area is 136 Å². The van der Waals surface area contributed by atoms with Crippen molar-refractivity contribution in [3.63, 3.8) is 0 Å². The number of aryl methyl sites for hydroxylation is 1. The Hall–Kier alpha value is -2.43. The van der Waals surface area contributed by atoms with Crippen LogP contribution < -0.4 is 14.8 Å². The van der Waals surface area contributed by atoms with E-state index in [1.54, 1.807) is 0 Å². The summed E-state index contributed by atoms with van der Waals surface area (Å²) in [5.41, 5.74) is 3.62. The molecule has 1 aromatic heterocycles. The van der Waals surface area contributed by atoms with Crippen LogP contribution in [-0.4, -0.2) is 30.2 Å². The van der Waals surface area contributed by atoms with Gasteiger partial charge in [0.2, 0.25) is 0 Å². The van der Waals surface area contributed by atoms with Crippen LogP contribution in [0, 0.1) is 13.8 Å². The third kappa shape index (κ3) is 2.91. The minimum Gasteiger partial charge on any atom is -0.486 e. The van der Waals surface area contributed by atoms with Crippen LogP contribution in [-0.2, 0) is 0 Å². The number of nitrogens with one attached hydrogen (secondary N) is 1. The van der Waals surface area contributed by atoms with Crippen LogP contribution in [0.2, 0.25) is 0 Å². The van der Waals surface area contributed by atoms with Gasteiger partial charge in [0.1, 0.15) is 13.2 Å². The van der Waals surface area contributed by atoms with Crippen molar-refractivity contribution >= 4 is 5.91 Å². The van der Waals surface area contributed by atoms with Gasteiger partial charge < -0.3 is 19.4 Å². The van der Waals surface area contributed by atoms with E-state index in [4.69, 9.17) is 9.47 Å². The highest BCUT2D eigenvalue weighted by atomic mass is 16.6. The largest absolute Gasteiger partial charge is 0.486 e. The first-order chi connectivity index (χ1) is 11.1. The lowest BCUT2D eigenvalue weighted by Gasteiger charge is -2.20. The van der Waals surface area contributed by atoms with Crippen molar-refractivity contribution in [1.29, 1.82) is 0 Å². The monoisotopic (exact) mass is 314 g/mol. The van der Waals surface area contributed by atoms with E-state index < -0.39 is 0 Å². The number of carbonyl (C=O) groups excluding carboxylic acids is 1. The van der Waals surface area contributed by atoms with Gasteiger partial charge in [-0.2, -0.15) is 0 Å². The molecule has 5 heteroatoms. The SMILES string of the molecule is CCCNC(=O)c1cc(C)n(-c2ccc3c(c2)OCCO3)c1C. The maximum atomic E-state index is 12.3. The average Bonchev–Trinajstić information content (AvgIpc) is 2.87. The van der Waals surface area contributed by atoms with Crippen LogP contribution in [0.1, 0.15) is 35.1 Å². The van der Waals surface area contributed by atoms with Crippen molar-refractivity contribution in [2.75, 3.05) is 19.8 Å². The van der Waals surface area contributed by atoms with Crippen LogP contribution in [0.15, 0.2) is 24.3 Å². The fourth-order valence-electron chi connectivity index (χ4n) is 2.89. The Bertz CT molecular complexity index is 734. The van der Waals surface area contributed by atoms with Gasteiger partial charge in [-0.05, 0) is 38.5 Å². The van der Waals surface area contributed by atoms with Crippen molar-refractivity contribution in [3.05, 3.63) is 41.2 Å². The van der Waals surface area contributed by atoms with Gasteiger partial charge in [-0.3, -0.25) is 4.79 Å². The van der Waals surface area contributed by atoms with E-state index in [1.165, 1.54) is 0 Å². The Balaban J connectivity index is 1.97. The summed E-state index contributed by atoms with van der Waals surface area (Å²) >= 11 is 0. The summed E-state index contributed by atoms with van der Waals surface area (Å²) in [7, 11) is 0. The summed E-state index contributed by atoms with van der Waals surface area (Å²) in [4.78, 5) is 12.3. The van der Waals surface area contributed by atoms with Crippen LogP contribution >= 0.6 is 0 Å². The number of hydrogen-bond donors (Lipinski definition) is 1. The van der Waals surface area contributed by atoms with E-state index in [1.807, 2.05) is 45.0 Å². The molecule has 0 saturated heterocycles. The average molecular weight is 314 g/mol. The second-order valence-corrected chi connectivity index (χ2v) is 5.70. The molecule has 1 aliphatic heterocycles. The molecule has 0 aliphatic carbocycles. The van der Waals surface area contributed by atoms with Crippen molar-refractivity contribution < 1.29 is 14.3 Å². The summed E-state index contributed by atoms with van der Waals surface area (Å²) < 4.78 is 13.3. The molecule has 1 aromatic carbocycles. The van der Waals surface area contributed by atoms with Crippen molar-refractivity contribution in [1.82, 2.24) is 9.88 Å². The number of hydrogen-bond acceptors (Lipinski definition) is 3. The quantitative estimate of drug-likeness (QED) is 0.944. The van der Waals surface area contributed by atoms with Gasteiger partial charge in [-0.25, -0.2) is 0 Å². The number of amides is 1. The molecule has 23 heavy (non-hydrogen) atoms. The van der Waals surface area contributed by atoms with Crippen molar-refractivity contribution in [2.24, 2.45) is 0 Å². The van der Waals surface area contributed by atoms with E-state index in [-0.39, 0.29) is 5.91 Å². The Morgan fingerprint density at radius 1 is 1.17 bits per heavy atom. The van der Waals surface area contributed by atoms with Crippen molar-refractivity contribution in [2.45, 2.75) is 27.2 Å². The van der Waals surface area contributed by atoms with Gasteiger partial charge >= 0.3 is 0 Å². The van der Waals surface area contributed by atoms with Crippen LogP contribution in [0.4, 0.5) is 0 Å². The molecule has 1 aliphatic rings. The molecular formula is C18H22N2O3. The zero-order chi connectivity index (χ0) is 16.4. The van der Waals surface area contributed by atoms with Gasteiger partial charge in [0, 0.05) is 29.7 Å². The fraction of sp³-hybridized carbons (Fsp3) is 0.389. The number of fused-ring (bicyclic) bond motifs is 1. The van der Waals surface area contributed by atoms with Gasteiger partial charge in [0.15, 0.2) is 11.5 Å². The highest BCUT2D eigenvalue weighted by molar-refractivity contribution is 5.95. The molecule has 0 spiro atoms. The summed E-state index contributed by atoms with van der Waals surface area (Å²) in [6.07, 6.45) is 0.923. The predicted molar refractivity (Wildman–Crippen MR) is 88.9 cm³/mol. The zero-order valence-corrected chi connectivity index (χ0v) is 13.8. The number of benzene rings is 1. The molecule has 0 saturated carbocycles. The molecule has 0 unspecified atom stereocenters. The van der Waals surface area contributed by atoms with E-state index >= 15 is 0 Å². The highest BCUT2D eigenvalue weighted by Gasteiger charge is 2.18. The van der Waals surface area contributed by atoms with Crippen LogP contribution in [0.3, 0.4) is 0 Å². The van der Waals surface area contributed by atoms with Crippen LogP contribution in [0.25, 0.3) is 5.69 Å². The van der Waals surface area contributed by atoms with Gasteiger partial charge in [-0.15, -0.1) is 0 Å². The summed E-state index contributed by atoms with van der Waals surface area (Å²) in [5.74, 6) is 1.49. The second-order valence-electron chi connectivity index (χ2n) is 5.70. The third-order valence-electron chi connectivity index (χ3n) is 4.00. The first-order valence-corrected chi connectivity index (χ1v) is 7.99. The predicted octanol–water partition coefficient (Wildman–Crippen LogP) is 3.01. The minimum atomic E-state index is -0.0243. The highest BCUT2D eigenvalue weighted by Crippen LogP contribution is 2.33. The minimum absolute atomic E-state index is 0.0243. The van der Waals surface area contributed by atoms with E-state index in [2.05, 4.69) is 9.88 Å². The molecule has 1 N–H and O–H groups in total. The van der Waals surface area contributed by atoms with E-state index in [9.17, 15) is 4.79 Å². The third-order valence-corrected chi connectivity index (χ3v) is 4.00. The smallest absolute Gasteiger partial charge is 0.253 e. The fourth-order valence-corrected chi connectivity index (χ4v) is 2.89. The van der Waals surface area contributed by atoms with E-state index in [0.717, 1.165) is 35.0 Å². The number of aromatic nitrogens is 1. The lowest BCUT2D eigenvalue weighted by molar-refractivity contribution is 0.0953. The Morgan fingerprint density at radius 2 is 1.91 bits per heavy atom. The molecule has 2 heterocycles. The Morgan fingerprint density at radius 3 is 2.65 bits per heavy atom. The second kappa shape index (κ2) is 6.36. The number of ether oxygens (including phenoxy) is 2. The Kier molecular flexibility index (Phi) is 4.28. The van der Waals surface area contributed by atoms with E-state index in [0.29, 0.717) is 25.3 Å². The lowest BCUT2D eigenvalue weighted by Crippen LogP contribution is -2.24. The topological polar surface area (TPSA) is 52.5 Å². The van der Waals surface area contributed by atoms with Crippen LogP contribution in [0.5, 0.6) is 11.5 Å². The first-order valence-electron chi connectivity index (χ1n) is 7.99. The van der Waals surface area contributed by atoms with Gasteiger partial charge in [0.25, 0.3) is 5.91 Å². The zero-order valence-electron chi connectivity index (χ0n) is 13.8. The molecule has 122 valence electrons. The molecule has 0 bridgehead atoms. The molecule has 0 radical (unpaired) electrons. The maximum Gasteiger partial charge on any atom is 0.253 e. The molecule has 2 aromatic rings. The number of rotatable bonds is 4. The summed E-state index contributed by atoms with van der Waals surface area (Å²) in [6, 6.07) is 7.79. The first kappa shape index (κ1) is 15.5.